The number of alkyl halides is 4. The van der Waals surface area contributed by atoms with Gasteiger partial charge >= 0.3 is 6.36 Å². The number of ether oxygens (including phenoxy) is 1. The Morgan fingerprint density at radius 1 is 1.45 bits per heavy atom. The quantitative estimate of drug-likeness (QED) is 0.874. The van der Waals surface area contributed by atoms with Crippen molar-refractivity contribution in [3.63, 3.8) is 0 Å². The number of hydrogen-bond acceptors (Lipinski definition) is 3. The topological polar surface area (TPSA) is 49.8 Å². The molecular formula is C12H11ClF3NO3. The van der Waals surface area contributed by atoms with E-state index < -0.39 is 12.1 Å². The summed E-state index contributed by atoms with van der Waals surface area (Å²) in [7, 11) is 0. The monoisotopic (exact) mass is 309 g/mol. The van der Waals surface area contributed by atoms with E-state index in [2.05, 4.69) is 4.74 Å². The van der Waals surface area contributed by atoms with Crippen molar-refractivity contribution in [1.82, 2.24) is 0 Å². The number of benzene rings is 1. The summed E-state index contributed by atoms with van der Waals surface area (Å²) >= 11 is 5.67. The molecule has 0 aromatic heterocycles. The second-order valence-electron chi connectivity index (χ2n) is 4.43. The fraction of sp³-hybridized carbons (Fsp3) is 0.417. The Morgan fingerprint density at radius 2 is 2.15 bits per heavy atom. The molecule has 1 N–H and O–H groups in total. The Labute approximate surface area is 117 Å². The number of amides is 1. The van der Waals surface area contributed by atoms with Gasteiger partial charge in [-0.2, -0.15) is 0 Å². The summed E-state index contributed by atoms with van der Waals surface area (Å²) in [5, 5.41) is 9.71. The maximum atomic E-state index is 12.2. The molecule has 4 nitrogen and oxygen atoms in total. The predicted octanol–water partition coefficient (Wildman–Crippen LogP) is 2.88. The molecule has 1 aromatic rings. The van der Waals surface area contributed by atoms with E-state index in [1.807, 2.05) is 0 Å². The van der Waals surface area contributed by atoms with E-state index in [1.165, 1.54) is 4.90 Å². The van der Waals surface area contributed by atoms with E-state index in [4.69, 9.17) is 11.6 Å². The third-order valence-corrected chi connectivity index (χ3v) is 3.33. The molecule has 0 bridgehead atoms. The zero-order valence-electron chi connectivity index (χ0n) is 10.2. The van der Waals surface area contributed by atoms with Crippen molar-refractivity contribution in [2.24, 2.45) is 5.92 Å². The van der Waals surface area contributed by atoms with Crippen LogP contribution < -0.4 is 9.64 Å². The molecule has 1 aliphatic rings. The van der Waals surface area contributed by atoms with Crippen LogP contribution in [0, 0.1) is 5.92 Å². The van der Waals surface area contributed by atoms with Gasteiger partial charge in [0, 0.05) is 24.9 Å². The molecular weight excluding hydrogens is 299 g/mol. The van der Waals surface area contributed by atoms with Crippen LogP contribution in [0.15, 0.2) is 18.2 Å². The lowest BCUT2D eigenvalue weighted by Gasteiger charge is -2.19. The van der Waals surface area contributed by atoms with Gasteiger partial charge in [0.1, 0.15) is 11.5 Å². The van der Waals surface area contributed by atoms with Crippen molar-refractivity contribution < 1.29 is 27.8 Å². The highest BCUT2D eigenvalue weighted by molar-refractivity contribution is 6.18. The SMILES string of the molecule is O=C1CC(CCl)CN1c1cc(OC(F)(F)F)ccc1O. The van der Waals surface area contributed by atoms with Gasteiger partial charge in [-0.1, -0.05) is 0 Å². The number of rotatable bonds is 3. The first-order valence-corrected chi connectivity index (χ1v) is 6.28. The van der Waals surface area contributed by atoms with Crippen LogP contribution in [-0.4, -0.2) is 29.8 Å². The van der Waals surface area contributed by atoms with E-state index >= 15 is 0 Å². The van der Waals surface area contributed by atoms with Crippen LogP contribution in [0.5, 0.6) is 11.5 Å². The normalized spacial score (nSPS) is 19.5. The zero-order valence-corrected chi connectivity index (χ0v) is 10.9. The van der Waals surface area contributed by atoms with Gasteiger partial charge in [-0.25, -0.2) is 0 Å². The van der Waals surface area contributed by atoms with Gasteiger partial charge in [0.2, 0.25) is 5.91 Å². The molecule has 0 radical (unpaired) electrons. The summed E-state index contributed by atoms with van der Waals surface area (Å²) in [6, 6.07) is 3.01. The van der Waals surface area contributed by atoms with Crippen molar-refractivity contribution >= 4 is 23.2 Å². The summed E-state index contributed by atoms with van der Waals surface area (Å²) < 4.78 is 40.3. The van der Waals surface area contributed by atoms with Gasteiger partial charge in [0.15, 0.2) is 0 Å². The highest BCUT2D eigenvalue weighted by Crippen LogP contribution is 2.36. The minimum absolute atomic E-state index is 0.00985. The number of carbonyl (C=O) groups is 1. The average Bonchev–Trinajstić information content (AvgIpc) is 2.71. The van der Waals surface area contributed by atoms with Crippen LogP contribution in [0.25, 0.3) is 0 Å². The number of aromatic hydroxyl groups is 1. The van der Waals surface area contributed by atoms with Crippen molar-refractivity contribution in [3.8, 4) is 11.5 Å². The summed E-state index contributed by atoms with van der Waals surface area (Å²) in [5.41, 5.74) is -0.00985. The molecule has 2 rings (SSSR count). The maximum Gasteiger partial charge on any atom is 0.573 e. The molecule has 20 heavy (non-hydrogen) atoms. The summed E-state index contributed by atoms with van der Waals surface area (Å²) in [4.78, 5) is 13.0. The summed E-state index contributed by atoms with van der Waals surface area (Å²) in [5.74, 6) is -0.900. The van der Waals surface area contributed by atoms with E-state index in [9.17, 15) is 23.1 Å². The van der Waals surface area contributed by atoms with Crippen LogP contribution in [-0.2, 0) is 4.79 Å². The first kappa shape index (κ1) is 14.8. The Hall–Kier alpha value is -1.63. The predicted molar refractivity (Wildman–Crippen MR) is 66.0 cm³/mol. The van der Waals surface area contributed by atoms with Gasteiger partial charge in [-0.3, -0.25) is 4.79 Å². The molecule has 8 heteroatoms. The lowest BCUT2D eigenvalue weighted by molar-refractivity contribution is -0.274. The molecule has 1 unspecified atom stereocenters. The van der Waals surface area contributed by atoms with E-state index in [-0.39, 0.29) is 42.1 Å². The molecule has 1 aliphatic heterocycles. The first-order chi connectivity index (χ1) is 9.30. The lowest BCUT2D eigenvalue weighted by Crippen LogP contribution is -2.25. The van der Waals surface area contributed by atoms with E-state index in [1.54, 1.807) is 0 Å². The Morgan fingerprint density at radius 3 is 2.70 bits per heavy atom. The summed E-state index contributed by atoms with van der Waals surface area (Å²) in [6.07, 6.45) is -4.63. The third-order valence-electron chi connectivity index (χ3n) is 2.89. The first-order valence-electron chi connectivity index (χ1n) is 5.75. The van der Waals surface area contributed by atoms with Gasteiger partial charge in [-0.15, -0.1) is 24.8 Å². The van der Waals surface area contributed by atoms with Crippen LogP contribution in [0.4, 0.5) is 18.9 Å². The molecule has 0 aliphatic carbocycles. The van der Waals surface area contributed by atoms with Crippen molar-refractivity contribution in [2.45, 2.75) is 12.8 Å². The average molecular weight is 310 g/mol. The van der Waals surface area contributed by atoms with Crippen LogP contribution >= 0.6 is 11.6 Å². The standard InChI is InChI=1S/C12H11ClF3NO3/c13-5-7-3-11(19)17(6-7)9-4-8(1-2-10(9)18)20-12(14,15)16/h1-2,4,7,18H,3,5-6H2. The fourth-order valence-corrected chi connectivity index (χ4v) is 2.24. The minimum Gasteiger partial charge on any atom is -0.506 e. The fourth-order valence-electron chi connectivity index (χ4n) is 2.03. The molecule has 1 heterocycles. The number of phenols is 1. The van der Waals surface area contributed by atoms with Crippen LogP contribution in [0.3, 0.4) is 0 Å². The highest BCUT2D eigenvalue weighted by Gasteiger charge is 2.34. The van der Waals surface area contributed by atoms with Gasteiger partial charge in [-0.05, 0) is 18.1 Å². The molecule has 1 saturated heterocycles. The molecule has 0 saturated carbocycles. The van der Waals surface area contributed by atoms with Crippen LogP contribution in [0.2, 0.25) is 0 Å². The molecule has 110 valence electrons. The van der Waals surface area contributed by atoms with Crippen LogP contribution in [0.1, 0.15) is 6.42 Å². The number of hydrogen-bond donors (Lipinski definition) is 1. The zero-order chi connectivity index (χ0) is 14.9. The largest absolute Gasteiger partial charge is 0.573 e. The van der Waals surface area contributed by atoms with Crippen molar-refractivity contribution in [1.29, 1.82) is 0 Å². The smallest absolute Gasteiger partial charge is 0.506 e. The number of carbonyl (C=O) groups excluding carboxylic acids is 1. The molecule has 0 spiro atoms. The Bertz CT molecular complexity index is 521. The van der Waals surface area contributed by atoms with Gasteiger partial charge in [0.25, 0.3) is 0 Å². The van der Waals surface area contributed by atoms with Crippen molar-refractivity contribution in [3.05, 3.63) is 18.2 Å². The molecule has 1 amide bonds. The molecule has 1 atom stereocenters. The molecule has 1 fully saturated rings. The third kappa shape index (κ3) is 3.27. The van der Waals surface area contributed by atoms with Gasteiger partial charge < -0.3 is 14.7 Å². The number of phenolic OH excluding ortho intramolecular Hbond substituents is 1. The summed E-state index contributed by atoms with van der Waals surface area (Å²) in [6.45, 7) is 0.255. The van der Waals surface area contributed by atoms with Gasteiger partial charge in [0.05, 0.1) is 5.69 Å². The van der Waals surface area contributed by atoms with Crippen molar-refractivity contribution in [2.75, 3.05) is 17.3 Å². The Kier molecular flexibility index (Phi) is 3.99. The minimum atomic E-state index is -4.83. The lowest BCUT2D eigenvalue weighted by atomic mass is 10.1. The van der Waals surface area contributed by atoms with E-state index in [0.717, 1.165) is 18.2 Å². The second kappa shape index (κ2) is 5.40. The highest BCUT2D eigenvalue weighted by atomic mass is 35.5. The number of nitrogens with zero attached hydrogens (tertiary/aromatic N) is 1. The molecule has 1 aromatic carbocycles. The number of anilines is 1. The Balaban J connectivity index is 2.27. The number of halogens is 4. The maximum absolute atomic E-state index is 12.2. The second-order valence-corrected chi connectivity index (χ2v) is 4.74. The van der Waals surface area contributed by atoms with E-state index in [0.29, 0.717) is 0 Å².